The van der Waals surface area contributed by atoms with E-state index in [2.05, 4.69) is 20.3 Å². The molecule has 2 rings (SSSR count). The van der Waals surface area contributed by atoms with E-state index in [4.69, 9.17) is 5.73 Å². The summed E-state index contributed by atoms with van der Waals surface area (Å²) < 4.78 is 17.5. The number of hydrogen-bond acceptors (Lipinski definition) is 5. The summed E-state index contributed by atoms with van der Waals surface area (Å²) in [5, 5.41) is 9.03. The number of benzene rings is 1. The molecule has 0 radical (unpaired) electrons. The van der Waals surface area contributed by atoms with Crippen molar-refractivity contribution in [3.63, 3.8) is 0 Å². The van der Waals surface area contributed by atoms with Gasteiger partial charge in [-0.2, -0.15) is 0 Å². The zero-order valence-corrected chi connectivity index (χ0v) is 8.90. The number of hydrogen-bond donors (Lipinski definition) is 2. The number of aromatic nitrogens is 2. The first-order chi connectivity index (χ1) is 8.08. The maximum absolute atomic E-state index is 13.2. The number of nitrogen functional groups attached to an aromatic ring is 1. The minimum absolute atomic E-state index is 0.116. The second-order valence-corrected chi connectivity index (χ2v) is 3.42. The summed E-state index contributed by atoms with van der Waals surface area (Å²) in [6.45, 7) is 1.63. The number of carbonyl (C=O) groups is 1. The largest absolute Gasteiger partial charge is 0.379 e. The average molecular weight is 236 g/mol. The molecule has 0 saturated carbocycles. The zero-order chi connectivity index (χ0) is 12.4. The number of nitrogens with zero attached hydrogens (tertiary/aromatic N) is 2. The molecule has 0 saturated heterocycles. The van der Waals surface area contributed by atoms with Crippen LogP contribution in [0, 0.1) is 12.7 Å². The molecule has 2 aromatic rings. The summed E-state index contributed by atoms with van der Waals surface area (Å²) in [6.07, 6.45) is 0. The lowest BCUT2D eigenvalue weighted by Gasteiger charge is -2.04. The van der Waals surface area contributed by atoms with E-state index >= 15 is 0 Å². The van der Waals surface area contributed by atoms with Gasteiger partial charge in [0.1, 0.15) is 5.82 Å². The SMILES string of the molecule is Cc1ccc(NC(=O)c2nonc2N)cc1F. The number of rotatable bonds is 2. The second-order valence-electron chi connectivity index (χ2n) is 3.42. The van der Waals surface area contributed by atoms with Crippen LogP contribution in [-0.2, 0) is 0 Å². The van der Waals surface area contributed by atoms with E-state index in [0.29, 0.717) is 11.3 Å². The van der Waals surface area contributed by atoms with E-state index in [1.165, 1.54) is 6.07 Å². The Balaban J connectivity index is 2.19. The molecule has 0 aliphatic carbocycles. The summed E-state index contributed by atoms with van der Waals surface area (Å²) >= 11 is 0. The maximum atomic E-state index is 13.2. The van der Waals surface area contributed by atoms with Crippen molar-refractivity contribution in [1.82, 2.24) is 10.3 Å². The highest BCUT2D eigenvalue weighted by Gasteiger charge is 2.16. The number of carbonyl (C=O) groups excluding carboxylic acids is 1. The van der Waals surface area contributed by atoms with Gasteiger partial charge in [0.2, 0.25) is 11.5 Å². The molecule has 1 aromatic heterocycles. The minimum atomic E-state index is -0.605. The van der Waals surface area contributed by atoms with Crippen LogP contribution in [0.25, 0.3) is 0 Å². The number of halogens is 1. The molecule has 17 heavy (non-hydrogen) atoms. The van der Waals surface area contributed by atoms with Gasteiger partial charge in [0.15, 0.2) is 0 Å². The number of anilines is 2. The Hall–Kier alpha value is -2.44. The summed E-state index contributed by atoms with van der Waals surface area (Å²) in [7, 11) is 0. The third-order valence-corrected chi connectivity index (χ3v) is 2.16. The second kappa shape index (κ2) is 4.20. The number of nitrogens with one attached hydrogen (secondary N) is 1. The molecule has 88 valence electrons. The summed E-state index contributed by atoms with van der Waals surface area (Å²) in [4.78, 5) is 11.6. The maximum Gasteiger partial charge on any atom is 0.281 e. The van der Waals surface area contributed by atoms with Crippen LogP contribution in [0.3, 0.4) is 0 Å². The number of aryl methyl sites for hydroxylation is 1. The van der Waals surface area contributed by atoms with Crippen LogP contribution in [0.1, 0.15) is 16.1 Å². The van der Waals surface area contributed by atoms with Gasteiger partial charge in [-0.05, 0) is 34.9 Å². The molecule has 3 N–H and O–H groups in total. The Kier molecular flexibility index (Phi) is 2.73. The van der Waals surface area contributed by atoms with Crippen molar-refractivity contribution >= 4 is 17.4 Å². The lowest BCUT2D eigenvalue weighted by Crippen LogP contribution is -2.14. The van der Waals surface area contributed by atoms with Gasteiger partial charge in [0, 0.05) is 5.69 Å². The molecule has 7 heteroatoms. The highest BCUT2D eigenvalue weighted by Crippen LogP contribution is 2.15. The fraction of sp³-hybridized carbons (Fsp3) is 0.100. The molecule has 0 aliphatic rings. The van der Waals surface area contributed by atoms with Crippen molar-refractivity contribution in [2.75, 3.05) is 11.1 Å². The monoisotopic (exact) mass is 236 g/mol. The fourth-order valence-electron chi connectivity index (χ4n) is 1.21. The first-order valence-electron chi connectivity index (χ1n) is 4.73. The number of amides is 1. The van der Waals surface area contributed by atoms with E-state index in [9.17, 15) is 9.18 Å². The average Bonchev–Trinajstić information content (AvgIpc) is 2.70. The summed E-state index contributed by atoms with van der Waals surface area (Å²) in [5.41, 5.74) is 6.01. The van der Waals surface area contributed by atoms with Crippen LogP contribution >= 0.6 is 0 Å². The van der Waals surface area contributed by atoms with Gasteiger partial charge in [-0.3, -0.25) is 4.79 Å². The van der Waals surface area contributed by atoms with Crippen LogP contribution in [0.15, 0.2) is 22.8 Å². The molecule has 0 atom stereocenters. The Labute approximate surface area is 95.6 Å². The first kappa shape index (κ1) is 11.1. The Bertz CT molecular complexity index is 567. The molecule has 0 aliphatic heterocycles. The van der Waals surface area contributed by atoms with Crippen LogP contribution in [0.4, 0.5) is 15.9 Å². The fourth-order valence-corrected chi connectivity index (χ4v) is 1.21. The summed E-state index contributed by atoms with van der Waals surface area (Å²) in [5.74, 6) is -1.13. The Morgan fingerprint density at radius 1 is 1.47 bits per heavy atom. The van der Waals surface area contributed by atoms with Crippen molar-refractivity contribution in [3.05, 3.63) is 35.3 Å². The first-order valence-corrected chi connectivity index (χ1v) is 4.73. The standard InChI is InChI=1S/C10H9FN4O2/c1-5-2-3-6(4-7(5)11)13-10(16)8-9(12)15-17-14-8/h2-4H,1H3,(H2,12,15)(H,13,16). The van der Waals surface area contributed by atoms with Crippen molar-refractivity contribution < 1.29 is 13.8 Å². The molecule has 0 unspecified atom stereocenters. The molecular formula is C10H9FN4O2. The molecule has 0 fully saturated rings. The smallest absolute Gasteiger partial charge is 0.281 e. The molecule has 6 nitrogen and oxygen atoms in total. The third kappa shape index (κ3) is 2.22. The molecule has 1 aromatic carbocycles. The van der Waals surface area contributed by atoms with Crippen molar-refractivity contribution in [3.8, 4) is 0 Å². The topological polar surface area (TPSA) is 94.0 Å². The van der Waals surface area contributed by atoms with Gasteiger partial charge in [-0.25, -0.2) is 9.02 Å². The van der Waals surface area contributed by atoms with Gasteiger partial charge >= 0.3 is 0 Å². The molecule has 0 bridgehead atoms. The van der Waals surface area contributed by atoms with Gasteiger partial charge in [-0.15, -0.1) is 0 Å². The normalized spacial score (nSPS) is 10.2. The Morgan fingerprint density at radius 3 is 2.82 bits per heavy atom. The molecule has 1 amide bonds. The van der Waals surface area contributed by atoms with E-state index in [1.54, 1.807) is 19.1 Å². The minimum Gasteiger partial charge on any atom is -0.379 e. The quantitative estimate of drug-likeness (QED) is 0.820. The number of nitrogens with two attached hydrogens (primary N) is 1. The zero-order valence-electron chi connectivity index (χ0n) is 8.90. The summed E-state index contributed by atoms with van der Waals surface area (Å²) in [6, 6.07) is 4.33. The van der Waals surface area contributed by atoms with Gasteiger partial charge in [0.25, 0.3) is 5.91 Å². The lowest BCUT2D eigenvalue weighted by atomic mass is 10.2. The lowest BCUT2D eigenvalue weighted by molar-refractivity contribution is 0.101. The van der Waals surface area contributed by atoms with Crippen LogP contribution < -0.4 is 11.1 Å². The van der Waals surface area contributed by atoms with E-state index in [-0.39, 0.29) is 11.5 Å². The van der Waals surface area contributed by atoms with Crippen LogP contribution in [0.2, 0.25) is 0 Å². The molecular weight excluding hydrogens is 227 g/mol. The van der Waals surface area contributed by atoms with Crippen molar-refractivity contribution in [1.29, 1.82) is 0 Å². The van der Waals surface area contributed by atoms with Gasteiger partial charge in [0.05, 0.1) is 0 Å². The predicted molar refractivity (Wildman–Crippen MR) is 57.8 cm³/mol. The third-order valence-electron chi connectivity index (χ3n) is 2.16. The molecule has 1 heterocycles. The predicted octanol–water partition coefficient (Wildman–Crippen LogP) is 1.35. The van der Waals surface area contributed by atoms with E-state index < -0.39 is 11.7 Å². The van der Waals surface area contributed by atoms with Crippen LogP contribution in [0.5, 0.6) is 0 Å². The van der Waals surface area contributed by atoms with Gasteiger partial charge < -0.3 is 11.1 Å². The van der Waals surface area contributed by atoms with Gasteiger partial charge in [-0.1, -0.05) is 6.07 Å². The highest BCUT2D eigenvalue weighted by atomic mass is 19.1. The van der Waals surface area contributed by atoms with Crippen LogP contribution in [-0.4, -0.2) is 16.2 Å². The van der Waals surface area contributed by atoms with Crippen molar-refractivity contribution in [2.45, 2.75) is 6.92 Å². The van der Waals surface area contributed by atoms with E-state index in [1.807, 2.05) is 0 Å². The Morgan fingerprint density at radius 2 is 2.24 bits per heavy atom. The van der Waals surface area contributed by atoms with E-state index in [0.717, 1.165) is 0 Å². The van der Waals surface area contributed by atoms with Crippen molar-refractivity contribution in [2.24, 2.45) is 0 Å². The molecule has 0 spiro atoms. The highest BCUT2D eigenvalue weighted by molar-refractivity contribution is 6.05.